The number of fused-ring (bicyclic) bond motifs is 1. The summed E-state index contributed by atoms with van der Waals surface area (Å²) in [5.74, 6) is 4.98. The standard InChI is InChI=1S/C21H25N2OP/c1-4-22(12-10-16(2)3)21(24)19-14-17-11-13-25-15-20(17)23(19)18-8-6-5-7-9-18/h5-9,11,13-16H,4,10,12H2,1-3H3. The largest absolute Gasteiger partial charge is 0.338 e. The summed E-state index contributed by atoms with van der Waals surface area (Å²) in [4.78, 5) is 15.2. The zero-order valence-electron chi connectivity index (χ0n) is 15.1. The van der Waals surface area contributed by atoms with Crippen LogP contribution < -0.4 is 0 Å². The zero-order chi connectivity index (χ0) is 17.8. The first-order valence-electron chi connectivity index (χ1n) is 8.92. The number of carbonyl (C=O) groups excluding carboxylic acids is 1. The highest BCUT2D eigenvalue weighted by Gasteiger charge is 2.21. The molecule has 0 fully saturated rings. The van der Waals surface area contributed by atoms with E-state index >= 15 is 0 Å². The summed E-state index contributed by atoms with van der Waals surface area (Å²) in [5, 5.41) is 1.12. The van der Waals surface area contributed by atoms with E-state index in [1.54, 1.807) is 0 Å². The Morgan fingerprint density at radius 1 is 1.20 bits per heavy atom. The highest BCUT2D eigenvalue weighted by atomic mass is 31.0. The van der Waals surface area contributed by atoms with Gasteiger partial charge in [-0.1, -0.05) is 40.2 Å². The van der Waals surface area contributed by atoms with Gasteiger partial charge in [-0.05, 0) is 55.1 Å². The number of hydrogen-bond donors (Lipinski definition) is 0. The number of nitrogens with zero attached hydrogens (tertiary/aromatic N) is 2. The van der Waals surface area contributed by atoms with Gasteiger partial charge in [0.1, 0.15) is 5.69 Å². The van der Waals surface area contributed by atoms with Crippen molar-refractivity contribution in [1.82, 2.24) is 9.47 Å². The molecule has 1 amide bonds. The molecule has 0 aliphatic heterocycles. The van der Waals surface area contributed by atoms with Crippen LogP contribution in [0.2, 0.25) is 0 Å². The Labute approximate surface area is 151 Å². The highest BCUT2D eigenvalue weighted by Crippen LogP contribution is 2.28. The fourth-order valence-corrected chi connectivity index (χ4v) is 3.78. The molecular weight excluding hydrogens is 327 g/mol. The Hall–Kier alpha value is -2.12. The molecule has 2 aromatic heterocycles. The van der Waals surface area contributed by atoms with Crippen molar-refractivity contribution >= 4 is 25.0 Å². The Bertz CT molecular complexity index is 855. The summed E-state index contributed by atoms with van der Waals surface area (Å²) < 4.78 is 2.10. The molecule has 0 unspecified atom stereocenters. The van der Waals surface area contributed by atoms with E-state index in [0.717, 1.165) is 50.0 Å². The van der Waals surface area contributed by atoms with Gasteiger partial charge in [-0.3, -0.25) is 4.79 Å². The van der Waals surface area contributed by atoms with Crippen LogP contribution in [0.3, 0.4) is 0 Å². The Morgan fingerprint density at radius 2 is 1.96 bits per heavy atom. The van der Waals surface area contributed by atoms with Gasteiger partial charge in [0.25, 0.3) is 5.91 Å². The van der Waals surface area contributed by atoms with Gasteiger partial charge in [0.05, 0.1) is 5.52 Å². The third-order valence-corrected chi connectivity index (χ3v) is 5.20. The molecule has 4 heteroatoms. The van der Waals surface area contributed by atoms with Crippen molar-refractivity contribution in [3.63, 3.8) is 0 Å². The smallest absolute Gasteiger partial charge is 0.270 e. The van der Waals surface area contributed by atoms with Crippen LogP contribution in [-0.2, 0) is 0 Å². The lowest BCUT2D eigenvalue weighted by atomic mass is 10.1. The van der Waals surface area contributed by atoms with Gasteiger partial charge >= 0.3 is 0 Å². The lowest BCUT2D eigenvalue weighted by Gasteiger charge is -2.23. The van der Waals surface area contributed by atoms with E-state index in [2.05, 4.69) is 55.1 Å². The van der Waals surface area contributed by atoms with Crippen LogP contribution in [0.25, 0.3) is 16.6 Å². The van der Waals surface area contributed by atoms with Crippen molar-refractivity contribution in [3.8, 4) is 5.69 Å². The van der Waals surface area contributed by atoms with E-state index in [0.29, 0.717) is 5.92 Å². The van der Waals surface area contributed by atoms with Crippen LogP contribution in [0, 0.1) is 5.92 Å². The number of rotatable bonds is 6. The molecule has 0 aliphatic carbocycles. The van der Waals surface area contributed by atoms with Crippen LogP contribution in [0.1, 0.15) is 37.7 Å². The molecule has 0 N–H and O–H groups in total. The second kappa shape index (κ2) is 7.84. The average molecular weight is 352 g/mol. The quantitative estimate of drug-likeness (QED) is 0.557. The van der Waals surface area contributed by atoms with Gasteiger partial charge in [-0.2, -0.15) is 0 Å². The molecule has 130 valence electrons. The van der Waals surface area contributed by atoms with Crippen molar-refractivity contribution in [3.05, 3.63) is 59.8 Å². The summed E-state index contributed by atoms with van der Waals surface area (Å²) in [6.07, 6.45) is 1.02. The minimum absolute atomic E-state index is 0.111. The predicted molar refractivity (Wildman–Crippen MR) is 107 cm³/mol. The van der Waals surface area contributed by atoms with Crippen molar-refractivity contribution in [2.24, 2.45) is 5.92 Å². The predicted octanol–water partition coefficient (Wildman–Crippen LogP) is 5.72. The Kier molecular flexibility index (Phi) is 5.55. The Balaban J connectivity index is 2.07. The summed E-state index contributed by atoms with van der Waals surface area (Å²) in [5.41, 5.74) is 2.90. The van der Waals surface area contributed by atoms with Gasteiger partial charge in [0.2, 0.25) is 0 Å². The van der Waals surface area contributed by atoms with Gasteiger partial charge in [-0.15, -0.1) is 0 Å². The van der Waals surface area contributed by atoms with Crippen molar-refractivity contribution in [2.45, 2.75) is 27.2 Å². The number of hydrogen-bond acceptors (Lipinski definition) is 1. The van der Waals surface area contributed by atoms with Crippen LogP contribution >= 0.6 is 8.19 Å². The third kappa shape index (κ3) is 3.77. The molecule has 3 rings (SSSR count). The lowest BCUT2D eigenvalue weighted by Crippen LogP contribution is -2.33. The second-order valence-electron chi connectivity index (χ2n) is 6.70. The topological polar surface area (TPSA) is 25.2 Å². The normalized spacial score (nSPS) is 11.5. The minimum atomic E-state index is 0.111. The molecule has 0 saturated carbocycles. The molecule has 0 bridgehead atoms. The Morgan fingerprint density at radius 3 is 2.64 bits per heavy atom. The van der Waals surface area contributed by atoms with E-state index in [-0.39, 0.29) is 5.91 Å². The van der Waals surface area contributed by atoms with E-state index < -0.39 is 0 Å². The number of amides is 1. The summed E-state index contributed by atoms with van der Waals surface area (Å²) in [6.45, 7) is 7.98. The molecule has 3 aromatic rings. The van der Waals surface area contributed by atoms with E-state index in [4.69, 9.17) is 0 Å². The summed E-state index contributed by atoms with van der Waals surface area (Å²) in [7, 11) is 1.15. The third-order valence-electron chi connectivity index (χ3n) is 4.49. The van der Waals surface area contributed by atoms with Crippen LogP contribution in [0.4, 0.5) is 0 Å². The highest BCUT2D eigenvalue weighted by molar-refractivity contribution is 7.28. The van der Waals surface area contributed by atoms with Gasteiger partial charge < -0.3 is 9.47 Å². The minimum Gasteiger partial charge on any atom is -0.338 e. The number of carbonyl (C=O) groups is 1. The first kappa shape index (κ1) is 17.7. The molecule has 0 saturated heterocycles. The summed E-state index contributed by atoms with van der Waals surface area (Å²) >= 11 is 0. The number of benzene rings is 1. The van der Waals surface area contributed by atoms with Crippen molar-refractivity contribution in [2.75, 3.05) is 13.1 Å². The van der Waals surface area contributed by atoms with Gasteiger partial charge in [-0.25, -0.2) is 0 Å². The maximum atomic E-state index is 13.3. The molecule has 0 atom stereocenters. The number of para-hydroxylation sites is 1. The first-order valence-corrected chi connectivity index (χ1v) is 9.95. The fourth-order valence-electron chi connectivity index (χ4n) is 3.04. The maximum absolute atomic E-state index is 13.3. The molecule has 3 nitrogen and oxygen atoms in total. The van der Waals surface area contributed by atoms with Crippen LogP contribution in [-0.4, -0.2) is 28.5 Å². The number of aromatic nitrogens is 1. The second-order valence-corrected chi connectivity index (χ2v) is 7.56. The van der Waals surface area contributed by atoms with Gasteiger partial charge in [0, 0.05) is 24.2 Å². The monoisotopic (exact) mass is 352 g/mol. The zero-order valence-corrected chi connectivity index (χ0v) is 16.0. The molecule has 2 heterocycles. The molecule has 0 aliphatic rings. The van der Waals surface area contributed by atoms with Gasteiger partial charge in [0.15, 0.2) is 0 Å². The SMILES string of the molecule is CCN(CCC(C)C)C(=O)c1cc2ccpcc2n1-c1ccccc1. The molecule has 0 radical (unpaired) electrons. The molecule has 1 aromatic carbocycles. The summed E-state index contributed by atoms with van der Waals surface area (Å²) in [6, 6.07) is 14.3. The van der Waals surface area contributed by atoms with E-state index in [1.807, 2.05) is 29.2 Å². The molecule has 0 spiro atoms. The van der Waals surface area contributed by atoms with Crippen LogP contribution in [0.15, 0.2) is 54.1 Å². The lowest BCUT2D eigenvalue weighted by molar-refractivity contribution is 0.0750. The first-order chi connectivity index (χ1) is 12.1. The fraction of sp³-hybridized carbons (Fsp3) is 0.333. The maximum Gasteiger partial charge on any atom is 0.270 e. The van der Waals surface area contributed by atoms with E-state index in [9.17, 15) is 4.79 Å². The molecule has 25 heavy (non-hydrogen) atoms. The van der Waals surface area contributed by atoms with E-state index in [1.165, 1.54) is 0 Å². The van der Waals surface area contributed by atoms with Crippen molar-refractivity contribution < 1.29 is 4.79 Å². The molecular formula is C21H25N2OP. The average Bonchev–Trinajstić information content (AvgIpc) is 3.02. The van der Waals surface area contributed by atoms with Crippen LogP contribution in [0.5, 0.6) is 0 Å². The van der Waals surface area contributed by atoms with Crippen molar-refractivity contribution in [1.29, 1.82) is 0 Å².